The Kier molecular flexibility index (Phi) is 5.30. The van der Waals surface area contributed by atoms with E-state index in [1.54, 1.807) is 0 Å². The van der Waals surface area contributed by atoms with E-state index in [1.165, 1.54) is 25.9 Å². The summed E-state index contributed by atoms with van der Waals surface area (Å²) in [4.78, 5) is 4.68. The van der Waals surface area contributed by atoms with E-state index >= 15 is 0 Å². The molecule has 0 amide bonds. The van der Waals surface area contributed by atoms with Crippen LogP contribution < -0.4 is 10.6 Å². The van der Waals surface area contributed by atoms with E-state index in [4.69, 9.17) is 17.3 Å². The van der Waals surface area contributed by atoms with Gasteiger partial charge in [-0.25, -0.2) is 0 Å². The Hall–Kier alpha value is -0.770. The fraction of sp³-hybridized carbons (Fsp3) is 0.625. The molecule has 4 heteroatoms. The number of anilines is 1. The monoisotopic (exact) mass is 295 g/mol. The van der Waals surface area contributed by atoms with Crippen molar-refractivity contribution >= 4 is 17.3 Å². The van der Waals surface area contributed by atoms with Crippen molar-refractivity contribution in [2.24, 2.45) is 11.7 Å². The molecule has 0 spiro atoms. The molecule has 1 heterocycles. The molecule has 0 aliphatic carbocycles. The average Bonchev–Trinajstić information content (AvgIpc) is 2.41. The van der Waals surface area contributed by atoms with Gasteiger partial charge in [0.25, 0.3) is 0 Å². The molecule has 1 aromatic rings. The van der Waals surface area contributed by atoms with Crippen LogP contribution in [0.25, 0.3) is 0 Å². The summed E-state index contributed by atoms with van der Waals surface area (Å²) in [5.41, 5.74) is 8.09. The number of nitrogens with two attached hydrogens (primary N) is 1. The molecule has 1 unspecified atom stereocenters. The van der Waals surface area contributed by atoms with Gasteiger partial charge in [-0.3, -0.25) is 0 Å². The van der Waals surface area contributed by atoms with Gasteiger partial charge in [0.2, 0.25) is 0 Å². The Morgan fingerprint density at radius 1 is 1.40 bits per heavy atom. The van der Waals surface area contributed by atoms with E-state index in [9.17, 15) is 0 Å². The largest absolute Gasteiger partial charge is 0.373 e. The summed E-state index contributed by atoms with van der Waals surface area (Å²) in [7, 11) is 4.33. The van der Waals surface area contributed by atoms with Crippen molar-refractivity contribution in [2.75, 3.05) is 38.6 Å². The minimum absolute atomic E-state index is 0.0285. The van der Waals surface area contributed by atoms with Crippen LogP contribution in [0.4, 0.5) is 5.69 Å². The first-order valence-electron chi connectivity index (χ1n) is 7.42. The molecule has 1 aliphatic rings. The second-order valence-corrected chi connectivity index (χ2v) is 6.53. The number of hydrogen-bond acceptors (Lipinski definition) is 3. The second-order valence-electron chi connectivity index (χ2n) is 6.13. The maximum absolute atomic E-state index is 6.40. The molecule has 1 aliphatic heterocycles. The summed E-state index contributed by atoms with van der Waals surface area (Å²) in [6, 6.07) is 6.19. The van der Waals surface area contributed by atoms with Gasteiger partial charge in [-0.1, -0.05) is 17.7 Å². The fourth-order valence-electron chi connectivity index (χ4n) is 2.85. The van der Waals surface area contributed by atoms with Crippen LogP contribution >= 0.6 is 11.6 Å². The van der Waals surface area contributed by atoms with E-state index in [0.717, 1.165) is 28.7 Å². The molecule has 1 saturated heterocycles. The zero-order valence-electron chi connectivity index (χ0n) is 12.8. The molecule has 20 heavy (non-hydrogen) atoms. The number of rotatable bonds is 4. The van der Waals surface area contributed by atoms with Crippen LogP contribution in [0, 0.1) is 5.92 Å². The maximum atomic E-state index is 6.40. The van der Waals surface area contributed by atoms with Crippen molar-refractivity contribution in [3.05, 3.63) is 28.8 Å². The molecule has 2 N–H and O–H groups in total. The predicted molar refractivity (Wildman–Crippen MR) is 87.5 cm³/mol. The van der Waals surface area contributed by atoms with Gasteiger partial charge < -0.3 is 15.5 Å². The standard InChI is InChI=1S/C16H26ClN3/c1-12(18)14-4-5-16(15(17)10-14)20(3)11-13-6-8-19(2)9-7-13/h4-5,10,12-13H,6-9,11,18H2,1-3H3. The minimum Gasteiger partial charge on any atom is -0.373 e. The van der Waals surface area contributed by atoms with Crippen molar-refractivity contribution in [1.29, 1.82) is 0 Å². The third kappa shape index (κ3) is 3.87. The second kappa shape index (κ2) is 6.79. The highest BCUT2D eigenvalue weighted by Crippen LogP contribution is 2.29. The lowest BCUT2D eigenvalue weighted by molar-refractivity contribution is 0.222. The summed E-state index contributed by atoms with van der Waals surface area (Å²) in [6.07, 6.45) is 2.55. The van der Waals surface area contributed by atoms with Crippen LogP contribution in [0.3, 0.4) is 0 Å². The van der Waals surface area contributed by atoms with Gasteiger partial charge in [0, 0.05) is 19.6 Å². The Balaban J connectivity index is 2.00. The van der Waals surface area contributed by atoms with Gasteiger partial charge in [-0.2, -0.15) is 0 Å². The number of benzene rings is 1. The lowest BCUT2D eigenvalue weighted by Gasteiger charge is -2.32. The maximum Gasteiger partial charge on any atom is 0.0642 e. The zero-order valence-corrected chi connectivity index (χ0v) is 13.5. The Labute approximate surface area is 127 Å². The first-order valence-corrected chi connectivity index (χ1v) is 7.80. The van der Waals surface area contributed by atoms with E-state index in [0.29, 0.717) is 0 Å². The van der Waals surface area contributed by atoms with E-state index < -0.39 is 0 Å². The van der Waals surface area contributed by atoms with Crippen molar-refractivity contribution in [1.82, 2.24) is 4.90 Å². The van der Waals surface area contributed by atoms with Gasteiger partial charge in [-0.05, 0) is 63.5 Å². The van der Waals surface area contributed by atoms with Crippen LogP contribution in [0.1, 0.15) is 31.4 Å². The number of halogens is 1. The molecular weight excluding hydrogens is 270 g/mol. The third-order valence-electron chi connectivity index (χ3n) is 4.28. The summed E-state index contributed by atoms with van der Waals surface area (Å²) >= 11 is 6.40. The number of piperidine rings is 1. The highest BCUT2D eigenvalue weighted by atomic mass is 35.5. The molecule has 1 atom stereocenters. The molecule has 1 fully saturated rings. The van der Waals surface area contributed by atoms with Crippen molar-refractivity contribution in [3.63, 3.8) is 0 Å². The molecule has 0 bridgehead atoms. The molecule has 0 saturated carbocycles. The summed E-state index contributed by atoms with van der Waals surface area (Å²) in [6.45, 7) is 5.46. The highest BCUT2D eigenvalue weighted by molar-refractivity contribution is 6.33. The van der Waals surface area contributed by atoms with Gasteiger partial charge in [0.05, 0.1) is 10.7 Å². The van der Waals surface area contributed by atoms with Gasteiger partial charge in [-0.15, -0.1) is 0 Å². The van der Waals surface area contributed by atoms with Crippen LogP contribution in [0.15, 0.2) is 18.2 Å². The van der Waals surface area contributed by atoms with E-state index in [2.05, 4.69) is 36.0 Å². The zero-order chi connectivity index (χ0) is 14.7. The first kappa shape index (κ1) is 15.6. The van der Waals surface area contributed by atoms with E-state index in [-0.39, 0.29) is 6.04 Å². The molecule has 3 nitrogen and oxygen atoms in total. The normalized spacial score (nSPS) is 19.1. The number of likely N-dealkylation sites (tertiary alicyclic amines) is 1. The SMILES string of the molecule is CC(N)c1ccc(N(C)CC2CCN(C)CC2)c(Cl)c1. The van der Waals surface area contributed by atoms with Crippen molar-refractivity contribution in [2.45, 2.75) is 25.8 Å². The Morgan fingerprint density at radius 2 is 2.05 bits per heavy atom. The van der Waals surface area contributed by atoms with Crippen molar-refractivity contribution < 1.29 is 0 Å². The lowest BCUT2D eigenvalue weighted by atomic mass is 9.96. The number of nitrogens with zero attached hydrogens (tertiary/aromatic N) is 2. The Morgan fingerprint density at radius 3 is 2.60 bits per heavy atom. The Bertz CT molecular complexity index is 439. The van der Waals surface area contributed by atoms with Crippen molar-refractivity contribution in [3.8, 4) is 0 Å². The quantitative estimate of drug-likeness (QED) is 0.926. The molecule has 112 valence electrons. The van der Waals surface area contributed by atoms with Crippen LogP contribution in [0.2, 0.25) is 5.02 Å². The van der Waals surface area contributed by atoms with Gasteiger partial charge >= 0.3 is 0 Å². The van der Waals surface area contributed by atoms with E-state index in [1.807, 2.05) is 13.0 Å². The first-order chi connectivity index (χ1) is 9.47. The van der Waals surface area contributed by atoms with Gasteiger partial charge in [0.15, 0.2) is 0 Å². The summed E-state index contributed by atoms with van der Waals surface area (Å²) in [5.74, 6) is 0.764. The van der Waals surface area contributed by atoms with Gasteiger partial charge in [0.1, 0.15) is 0 Å². The minimum atomic E-state index is 0.0285. The van der Waals surface area contributed by atoms with Crippen LogP contribution in [0.5, 0.6) is 0 Å². The third-order valence-corrected chi connectivity index (χ3v) is 4.58. The average molecular weight is 296 g/mol. The molecule has 0 aromatic heterocycles. The van der Waals surface area contributed by atoms with Crippen LogP contribution in [-0.4, -0.2) is 38.6 Å². The summed E-state index contributed by atoms with van der Waals surface area (Å²) in [5, 5.41) is 0.801. The molecule has 2 rings (SSSR count). The molecule has 0 radical (unpaired) electrons. The smallest absolute Gasteiger partial charge is 0.0642 e. The predicted octanol–water partition coefficient (Wildman–Crippen LogP) is 3.14. The molecular formula is C16H26ClN3. The molecule has 1 aromatic carbocycles. The lowest BCUT2D eigenvalue weighted by Crippen LogP contribution is -2.35. The topological polar surface area (TPSA) is 32.5 Å². The fourth-order valence-corrected chi connectivity index (χ4v) is 3.18. The number of hydrogen-bond donors (Lipinski definition) is 1. The van der Waals surface area contributed by atoms with Crippen LogP contribution in [-0.2, 0) is 0 Å². The summed E-state index contributed by atoms with van der Waals surface area (Å²) < 4.78 is 0. The highest BCUT2D eigenvalue weighted by Gasteiger charge is 2.19.